The van der Waals surface area contributed by atoms with Crippen molar-refractivity contribution in [1.82, 2.24) is 0 Å². The van der Waals surface area contributed by atoms with E-state index in [0.29, 0.717) is 18.1 Å². The van der Waals surface area contributed by atoms with E-state index in [1.807, 2.05) is 6.08 Å². The predicted molar refractivity (Wildman–Crippen MR) is 75.4 cm³/mol. The minimum atomic E-state index is -0.0600. The number of rotatable bonds is 1. The molecule has 19 heavy (non-hydrogen) atoms. The van der Waals surface area contributed by atoms with Crippen LogP contribution < -0.4 is 0 Å². The van der Waals surface area contributed by atoms with Gasteiger partial charge in [-0.3, -0.25) is 4.79 Å². The van der Waals surface area contributed by atoms with Crippen molar-refractivity contribution in [2.75, 3.05) is 7.11 Å². The van der Waals surface area contributed by atoms with Gasteiger partial charge in [0.1, 0.15) is 11.5 Å². The van der Waals surface area contributed by atoms with Crippen molar-refractivity contribution in [3.8, 4) is 0 Å². The molecule has 0 aromatic rings. The van der Waals surface area contributed by atoms with E-state index in [1.54, 1.807) is 7.11 Å². The van der Waals surface area contributed by atoms with E-state index in [1.165, 1.54) is 5.57 Å². The number of fused-ring (bicyclic) bond motifs is 3. The standard InChI is InChI=1S/C17H22O2/c1-11-7-8-17(2)10-14(18)16-12(13(17)9-11)5-4-6-15(16)19-3/h4-6,9,12-13,16H,7-8,10H2,1-3H3/t12-,13+,16-,17-/m0/s1. The lowest BCUT2D eigenvalue weighted by Gasteiger charge is -2.50. The van der Waals surface area contributed by atoms with Crippen molar-refractivity contribution in [2.24, 2.45) is 23.2 Å². The van der Waals surface area contributed by atoms with Crippen LogP contribution in [0, 0.1) is 23.2 Å². The van der Waals surface area contributed by atoms with E-state index in [2.05, 4.69) is 32.1 Å². The summed E-state index contributed by atoms with van der Waals surface area (Å²) in [7, 11) is 1.67. The molecule has 0 amide bonds. The Morgan fingerprint density at radius 2 is 2.21 bits per heavy atom. The number of hydrogen-bond donors (Lipinski definition) is 0. The highest BCUT2D eigenvalue weighted by Crippen LogP contribution is 2.54. The third-order valence-corrected chi connectivity index (χ3v) is 5.22. The second-order valence-corrected chi connectivity index (χ2v) is 6.55. The van der Waals surface area contributed by atoms with Gasteiger partial charge in [0, 0.05) is 12.3 Å². The highest BCUT2D eigenvalue weighted by atomic mass is 16.5. The molecule has 0 aromatic heterocycles. The summed E-state index contributed by atoms with van der Waals surface area (Å²) in [6.45, 7) is 4.50. The van der Waals surface area contributed by atoms with Crippen LogP contribution in [0.1, 0.15) is 33.1 Å². The van der Waals surface area contributed by atoms with Gasteiger partial charge in [0.25, 0.3) is 0 Å². The van der Waals surface area contributed by atoms with Crippen LogP contribution in [0.2, 0.25) is 0 Å². The molecule has 4 atom stereocenters. The fraction of sp³-hybridized carbons (Fsp3) is 0.588. The molecular weight excluding hydrogens is 236 g/mol. The molecule has 0 heterocycles. The topological polar surface area (TPSA) is 26.3 Å². The first-order chi connectivity index (χ1) is 9.05. The Kier molecular flexibility index (Phi) is 2.92. The number of ether oxygens (including phenoxy) is 1. The predicted octanol–water partition coefficient (Wildman–Crippen LogP) is 3.65. The number of ketones is 1. The van der Waals surface area contributed by atoms with Gasteiger partial charge in [-0.25, -0.2) is 0 Å². The average molecular weight is 258 g/mol. The number of hydrogen-bond acceptors (Lipinski definition) is 2. The number of Topliss-reactive ketones (excluding diaryl/α,β-unsaturated/α-hetero) is 1. The summed E-state index contributed by atoms with van der Waals surface area (Å²) in [5.41, 5.74) is 1.61. The number of allylic oxidation sites excluding steroid dienone is 6. The lowest BCUT2D eigenvalue weighted by Crippen LogP contribution is -2.47. The Bertz CT molecular complexity index is 497. The van der Waals surface area contributed by atoms with E-state index in [0.717, 1.165) is 18.6 Å². The summed E-state index contributed by atoms with van der Waals surface area (Å²) >= 11 is 0. The SMILES string of the molecule is COC1=CC=C[C@@H]2[C@H]1C(=O)C[C@]1(C)CCC(C)=C[C@H]21. The maximum Gasteiger partial charge on any atom is 0.144 e. The van der Waals surface area contributed by atoms with E-state index in [9.17, 15) is 4.79 Å². The summed E-state index contributed by atoms with van der Waals surface area (Å²) in [5.74, 6) is 1.89. The molecule has 1 fully saturated rings. The molecule has 102 valence electrons. The highest BCUT2D eigenvalue weighted by Gasteiger charge is 2.51. The molecule has 0 saturated heterocycles. The highest BCUT2D eigenvalue weighted by molar-refractivity contribution is 5.86. The first kappa shape index (κ1) is 12.7. The molecule has 0 aromatic carbocycles. The third-order valence-electron chi connectivity index (χ3n) is 5.22. The molecule has 0 aliphatic heterocycles. The molecule has 3 aliphatic carbocycles. The molecule has 2 heteroatoms. The maximum absolute atomic E-state index is 12.6. The van der Waals surface area contributed by atoms with E-state index in [-0.39, 0.29) is 17.3 Å². The van der Waals surface area contributed by atoms with Gasteiger partial charge >= 0.3 is 0 Å². The van der Waals surface area contributed by atoms with Crippen molar-refractivity contribution in [1.29, 1.82) is 0 Å². The zero-order valence-corrected chi connectivity index (χ0v) is 12.0. The van der Waals surface area contributed by atoms with Gasteiger partial charge in [-0.15, -0.1) is 0 Å². The van der Waals surface area contributed by atoms with Crippen molar-refractivity contribution in [3.05, 3.63) is 35.6 Å². The lowest BCUT2D eigenvalue weighted by atomic mass is 9.54. The molecular formula is C17H22O2. The maximum atomic E-state index is 12.6. The number of carbonyl (C=O) groups excluding carboxylic acids is 1. The minimum Gasteiger partial charge on any atom is -0.500 e. The van der Waals surface area contributed by atoms with E-state index < -0.39 is 0 Å². The fourth-order valence-corrected chi connectivity index (χ4v) is 4.11. The van der Waals surface area contributed by atoms with Gasteiger partial charge in [-0.1, -0.05) is 30.7 Å². The number of methoxy groups -OCH3 is 1. The summed E-state index contributed by atoms with van der Waals surface area (Å²) in [4.78, 5) is 12.6. The fourth-order valence-electron chi connectivity index (χ4n) is 4.11. The Labute approximate surface area is 115 Å². The van der Waals surface area contributed by atoms with Gasteiger partial charge in [0.15, 0.2) is 0 Å². The Hall–Kier alpha value is -1.31. The van der Waals surface area contributed by atoms with Crippen molar-refractivity contribution in [3.63, 3.8) is 0 Å². The van der Waals surface area contributed by atoms with Crippen LogP contribution in [0.25, 0.3) is 0 Å². The summed E-state index contributed by atoms with van der Waals surface area (Å²) in [5, 5.41) is 0. The summed E-state index contributed by atoms with van der Waals surface area (Å²) < 4.78 is 5.44. The molecule has 3 rings (SSSR count). The third kappa shape index (κ3) is 1.89. The van der Waals surface area contributed by atoms with Crippen LogP contribution in [0.5, 0.6) is 0 Å². The van der Waals surface area contributed by atoms with Crippen LogP contribution >= 0.6 is 0 Å². The molecule has 1 saturated carbocycles. The second-order valence-electron chi connectivity index (χ2n) is 6.55. The molecule has 0 unspecified atom stereocenters. The van der Waals surface area contributed by atoms with Crippen LogP contribution in [-0.4, -0.2) is 12.9 Å². The minimum absolute atomic E-state index is 0.0600. The van der Waals surface area contributed by atoms with Crippen LogP contribution in [0.3, 0.4) is 0 Å². The zero-order valence-electron chi connectivity index (χ0n) is 12.0. The Morgan fingerprint density at radius 1 is 1.42 bits per heavy atom. The quantitative estimate of drug-likeness (QED) is 0.671. The van der Waals surface area contributed by atoms with E-state index in [4.69, 9.17) is 4.74 Å². The normalized spacial score (nSPS) is 41.0. The van der Waals surface area contributed by atoms with Crippen molar-refractivity contribution in [2.45, 2.75) is 33.1 Å². The molecule has 2 nitrogen and oxygen atoms in total. The smallest absolute Gasteiger partial charge is 0.144 e. The zero-order chi connectivity index (χ0) is 13.6. The van der Waals surface area contributed by atoms with Gasteiger partial charge < -0.3 is 4.74 Å². The average Bonchev–Trinajstić information content (AvgIpc) is 2.40. The molecule has 0 spiro atoms. The summed E-state index contributed by atoms with van der Waals surface area (Å²) in [6, 6.07) is 0. The van der Waals surface area contributed by atoms with Crippen LogP contribution in [0.4, 0.5) is 0 Å². The van der Waals surface area contributed by atoms with Crippen molar-refractivity contribution < 1.29 is 9.53 Å². The Morgan fingerprint density at radius 3 is 2.95 bits per heavy atom. The first-order valence-electron chi connectivity index (χ1n) is 7.17. The largest absolute Gasteiger partial charge is 0.500 e. The van der Waals surface area contributed by atoms with Gasteiger partial charge in [-0.05, 0) is 37.2 Å². The van der Waals surface area contributed by atoms with Gasteiger partial charge in [0.2, 0.25) is 0 Å². The lowest BCUT2D eigenvalue weighted by molar-refractivity contribution is -0.132. The van der Waals surface area contributed by atoms with Crippen LogP contribution in [-0.2, 0) is 9.53 Å². The Balaban J connectivity index is 2.03. The van der Waals surface area contributed by atoms with E-state index >= 15 is 0 Å². The molecule has 0 N–H and O–H groups in total. The number of carbonyl (C=O) groups is 1. The van der Waals surface area contributed by atoms with Gasteiger partial charge in [0.05, 0.1) is 13.0 Å². The second kappa shape index (κ2) is 4.36. The van der Waals surface area contributed by atoms with Gasteiger partial charge in [-0.2, -0.15) is 0 Å². The molecule has 0 bridgehead atoms. The monoisotopic (exact) mass is 258 g/mol. The van der Waals surface area contributed by atoms with Crippen molar-refractivity contribution >= 4 is 5.78 Å². The first-order valence-corrected chi connectivity index (χ1v) is 7.17. The van der Waals surface area contributed by atoms with Crippen LogP contribution in [0.15, 0.2) is 35.6 Å². The summed E-state index contributed by atoms with van der Waals surface area (Å²) in [6.07, 6.45) is 11.6. The molecule has 0 radical (unpaired) electrons. The molecule has 3 aliphatic rings.